The van der Waals surface area contributed by atoms with Crippen LogP contribution in [0.15, 0.2) is 212 Å². The van der Waals surface area contributed by atoms with E-state index in [0.717, 1.165) is 11.4 Å². The molecule has 1 heteroatoms. The second kappa shape index (κ2) is 13.0. The van der Waals surface area contributed by atoms with Crippen molar-refractivity contribution in [3.63, 3.8) is 0 Å². The lowest BCUT2D eigenvalue weighted by Crippen LogP contribution is -2.12. The Bertz CT molecular complexity index is 2910. The summed E-state index contributed by atoms with van der Waals surface area (Å²) in [5, 5.41) is 9.90. The summed E-state index contributed by atoms with van der Waals surface area (Å²) >= 11 is 0. The van der Waals surface area contributed by atoms with Gasteiger partial charge < -0.3 is 4.90 Å². The minimum absolute atomic E-state index is 1.10. The van der Waals surface area contributed by atoms with Crippen LogP contribution in [-0.2, 0) is 0 Å². The molecule has 0 radical (unpaired) electrons. The highest BCUT2D eigenvalue weighted by Crippen LogP contribution is 2.51. The summed E-state index contributed by atoms with van der Waals surface area (Å²) in [6.45, 7) is 0. The zero-order valence-corrected chi connectivity index (χ0v) is 29.2. The zero-order chi connectivity index (χ0) is 35.1. The van der Waals surface area contributed by atoms with E-state index in [0.29, 0.717) is 0 Å². The molecule has 0 aliphatic rings. The normalized spacial score (nSPS) is 11.4. The second-order valence-electron chi connectivity index (χ2n) is 13.7. The van der Waals surface area contributed by atoms with Gasteiger partial charge in [0.25, 0.3) is 0 Å². The predicted octanol–water partition coefficient (Wildman–Crippen LogP) is 14.8. The maximum atomic E-state index is 2.48. The van der Waals surface area contributed by atoms with Crippen LogP contribution < -0.4 is 4.90 Å². The Labute approximate surface area is 309 Å². The van der Waals surface area contributed by atoms with Gasteiger partial charge in [0.2, 0.25) is 0 Å². The van der Waals surface area contributed by atoms with Gasteiger partial charge in [0.15, 0.2) is 0 Å². The van der Waals surface area contributed by atoms with E-state index in [1.54, 1.807) is 0 Å². The third kappa shape index (κ3) is 5.34. The summed E-state index contributed by atoms with van der Waals surface area (Å²) in [4.78, 5) is 2.48. The van der Waals surface area contributed by atoms with Gasteiger partial charge in [-0.2, -0.15) is 0 Å². The highest BCUT2D eigenvalue weighted by atomic mass is 15.1. The van der Waals surface area contributed by atoms with Gasteiger partial charge in [-0.25, -0.2) is 0 Å². The maximum absolute atomic E-state index is 2.48. The van der Waals surface area contributed by atoms with E-state index >= 15 is 0 Å². The van der Waals surface area contributed by atoms with Crippen LogP contribution in [-0.4, -0.2) is 0 Å². The Morgan fingerprint density at radius 2 is 0.660 bits per heavy atom. The van der Waals surface area contributed by atoms with Gasteiger partial charge in [0.1, 0.15) is 0 Å². The van der Waals surface area contributed by atoms with Crippen molar-refractivity contribution in [1.82, 2.24) is 0 Å². The van der Waals surface area contributed by atoms with Crippen molar-refractivity contribution in [1.29, 1.82) is 0 Å². The fourth-order valence-corrected chi connectivity index (χ4v) is 8.18. The number of hydrogen-bond donors (Lipinski definition) is 0. The van der Waals surface area contributed by atoms with Crippen molar-refractivity contribution in [2.75, 3.05) is 4.90 Å². The van der Waals surface area contributed by atoms with Crippen LogP contribution in [0.2, 0.25) is 0 Å². The van der Waals surface area contributed by atoms with E-state index in [-0.39, 0.29) is 0 Å². The van der Waals surface area contributed by atoms with Crippen molar-refractivity contribution < 1.29 is 0 Å². The molecule has 0 aliphatic carbocycles. The van der Waals surface area contributed by atoms with Crippen LogP contribution in [0.1, 0.15) is 0 Å². The first-order chi connectivity index (χ1) is 26.3. The molecule has 0 heterocycles. The quantitative estimate of drug-likeness (QED) is 0.159. The van der Waals surface area contributed by atoms with Gasteiger partial charge in [-0.3, -0.25) is 0 Å². The summed E-state index contributed by atoms with van der Waals surface area (Å²) in [7, 11) is 0. The average molecular weight is 674 g/mol. The SMILES string of the molecule is c1ccc(-c2ccc(N(c3ccc(-c4cccc5ccccc45)cc3)c3c(-c4cccc5ccccc45)c4ccccc4c4ccccc34)cc2)cc1. The Morgan fingerprint density at radius 3 is 1.28 bits per heavy atom. The summed E-state index contributed by atoms with van der Waals surface area (Å²) in [5.74, 6) is 0. The molecular formula is C52H35N. The van der Waals surface area contributed by atoms with Crippen molar-refractivity contribution in [2.24, 2.45) is 0 Å². The van der Waals surface area contributed by atoms with Gasteiger partial charge >= 0.3 is 0 Å². The molecule has 248 valence electrons. The van der Waals surface area contributed by atoms with E-state index in [2.05, 4.69) is 217 Å². The zero-order valence-electron chi connectivity index (χ0n) is 29.2. The molecule has 0 N–H and O–H groups in total. The fourth-order valence-electron chi connectivity index (χ4n) is 8.18. The number of rotatable bonds is 6. The van der Waals surface area contributed by atoms with E-state index in [4.69, 9.17) is 0 Å². The van der Waals surface area contributed by atoms with Gasteiger partial charge in [0, 0.05) is 22.3 Å². The third-order valence-electron chi connectivity index (χ3n) is 10.6. The van der Waals surface area contributed by atoms with Crippen molar-refractivity contribution >= 4 is 60.2 Å². The number of fused-ring (bicyclic) bond motifs is 5. The lowest BCUT2D eigenvalue weighted by Gasteiger charge is -2.31. The van der Waals surface area contributed by atoms with Crippen LogP contribution in [0.3, 0.4) is 0 Å². The molecule has 0 aromatic heterocycles. The summed E-state index contributed by atoms with van der Waals surface area (Å²) in [6.07, 6.45) is 0. The van der Waals surface area contributed by atoms with Gasteiger partial charge in [-0.05, 0) is 89.8 Å². The monoisotopic (exact) mass is 673 g/mol. The van der Waals surface area contributed by atoms with E-state index < -0.39 is 0 Å². The van der Waals surface area contributed by atoms with E-state index in [9.17, 15) is 0 Å². The first-order valence-corrected chi connectivity index (χ1v) is 18.3. The fraction of sp³-hybridized carbons (Fsp3) is 0. The summed E-state index contributed by atoms with van der Waals surface area (Å²) in [6, 6.07) is 77.3. The summed E-state index contributed by atoms with van der Waals surface area (Å²) < 4.78 is 0. The smallest absolute Gasteiger partial charge is 0.0625 e. The minimum Gasteiger partial charge on any atom is -0.309 e. The van der Waals surface area contributed by atoms with Crippen molar-refractivity contribution in [2.45, 2.75) is 0 Å². The molecule has 0 saturated carbocycles. The largest absolute Gasteiger partial charge is 0.309 e. The van der Waals surface area contributed by atoms with Gasteiger partial charge in [-0.1, -0.05) is 188 Å². The molecule has 10 aromatic rings. The molecule has 0 bridgehead atoms. The molecule has 0 aliphatic heterocycles. The molecule has 0 amide bonds. The van der Waals surface area contributed by atoms with Gasteiger partial charge in [-0.15, -0.1) is 0 Å². The Balaban J connectivity index is 1.27. The van der Waals surface area contributed by atoms with Crippen LogP contribution in [0.4, 0.5) is 17.1 Å². The Kier molecular flexibility index (Phi) is 7.55. The highest BCUT2D eigenvalue weighted by Gasteiger charge is 2.24. The first kappa shape index (κ1) is 30.8. The molecule has 10 rings (SSSR count). The predicted molar refractivity (Wildman–Crippen MR) is 227 cm³/mol. The van der Waals surface area contributed by atoms with Crippen LogP contribution in [0.25, 0.3) is 76.5 Å². The van der Waals surface area contributed by atoms with Gasteiger partial charge in [0.05, 0.1) is 5.69 Å². The lowest BCUT2D eigenvalue weighted by atomic mass is 9.88. The molecule has 1 nitrogen and oxygen atoms in total. The van der Waals surface area contributed by atoms with Crippen LogP contribution in [0, 0.1) is 0 Å². The third-order valence-corrected chi connectivity index (χ3v) is 10.6. The topological polar surface area (TPSA) is 3.24 Å². The molecule has 53 heavy (non-hydrogen) atoms. The summed E-state index contributed by atoms with van der Waals surface area (Å²) in [5.41, 5.74) is 10.6. The first-order valence-electron chi connectivity index (χ1n) is 18.3. The second-order valence-corrected chi connectivity index (χ2v) is 13.7. The molecule has 0 atom stereocenters. The standard InChI is InChI=1S/C52H35N/c1-2-14-36(15-3-1)37-28-32-41(33-29-37)53(42-34-30-40(31-35-42)44-26-12-18-38-16-4-6-20-43(38)44)52-50-25-11-9-23-47(50)46-22-8-10-24-49(46)51(52)48-27-13-19-39-17-5-7-21-45(39)48/h1-35H. The lowest BCUT2D eigenvalue weighted by molar-refractivity contribution is 1.30. The number of nitrogens with zero attached hydrogens (tertiary/aromatic N) is 1. The highest BCUT2D eigenvalue weighted by molar-refractivity contribution is 6.24. The van der Waals surface area contributed by atoms with E-state index in [1.165, 1.54) is 82.2 Å². The molecular weight excluding hydrogens is 639 g/mol. The van der Waals surface area contributed by atoms with Crippen molar-refractivity contribution in [3.8, 4) is 33.4 Å². The number of hydrogen-bond acceptors (Lipinski definition) is 1. The van der Waals surface area contributed by atoms with Crippen molar-refractivity contribution in [3.05, 3.63) is 212 Å². The molecule has 0 spiro atoms. The molecule has 0 unspecified atom stereocenters. The molecule has 0 fully saturated rings. The average Bonchev–Trinajstić information content (AvgIpc) is 3.24. The number of anilines is 3. The molecule has 10 aromatic carbocycles. The Morgan fingerprint density at radius 1 is 0.245 bits per heavy atom. The van der Waals surface area contributed by atoms with Crippen LogP contribution in [0.5, 0.6) is 0 Å². The van der Waals surface area contributed by atoms with Crippen LogP contribution >= 0.6 is 0 Å². The van der Waals surface area contributed by atoms with E-state index in [1.807, 2.05) is 0 Å². The maximum Gasteiger partial charge on any atom is 0.0625 e. The molecule has 0 saturated heterocycles. The Hall–Kier alpha value is -6.96. The number of benzene rings is 10. The minimum atomic E-state index is 1.10.